The molecule has 0 radical (unpaired) electrons. The molecule has 1 atom stereocenters. The first-order valence-electron chi connectivity index (χ1n) is 23.7. The minimum Gasteiger partial charge on any atom is -0.462 e. The zero-order chi connectivity index (χ0) is 42.3. The molecule has 0 N–H and O–H groups in total. The second kappa shape index (κ2) is 46.3. The third-order valence-corrected chi connectivity index (χ3v) is 9.73. The number of carbonyl (C=O) groups is 3. The molecule has 0 aromatic heterocycles. The highest BCUT2D eigenvalue weighted by molar-refractivity contribution is 5.71. The van der Waals surface area contributed by atoms with Crippen LogP contribution in [0.15, 0.2) is 85.1 Å². The van der Waals surface area contributed by atoms with Crippen LogP contribution in [0.4, 0.5) is 0 Å². The number of rotatable bonds is 41. The predicted molar refractivity (Wildman–Crippen MR) is 247 cm³/mol. The van der Waals surface area contributed by atoms with Crippen molar-refractivity contribution in [2.24, 2.45) is 0 Å². The summed E-state index contributed by atoms with van der Waals surface area (Å²) in [7, 11) is 0. The maximum Gasteiger partial charge on any atom is 0.306 e. The number of hydrogen-bond donors (Lipinski definition) is 0. The first-order valence-corrected chi connectivity index (χ1v) is 23.7. The molecule has 0 rings (SSSR count). The molecule has 6 nitrogen and oxygen atoms in total. The summed E-state index contributed by atoms with van der Waals surface area (Å²) < 4.78 is 16.7. The van der Waals surface area contributed by atoms with Gasteiger partial charge in [-0.25, -0.2) is 0 Å². The molecule has 0 saturated carbocycles. The minimum atomic E-state index is -0.803. The average molecular weight is 807 g/mol. The van der Waals surface area contributed by atoms with Gasteiger partial charge in [-0.3, -0.25) is 14.4 Å². The standard InChI is InChI=1S/C52H86O6/c1-4-7-10-13-16-19-22-25-26-28-30-33-36-39-42-45-51(54)57-48-49(47-56-50(53)44-41-38-35-32-29-24-21-18-15-12-9-6-3)58-52(55)46-43-40-37-34-31-27-23-20-17-14-11-8-5-2/h7,10,13,16,18-19,21-22,25-28,30-31,49H,4-6,8-9,11-12,14-15,17,20,23-24,29,32-48H2,1-3H3/b10-7-,16-13-,21-18-,22-19-,26-25-,30-28-,31-27-. The van der Waals surface area contributed by atoms with Gasteiger partial charge in [0.25, 0.3) is 0 Å². The lowest BCUT2D eigenvalue weighted by Crippen LogP contribution is -2.30. The number of unbranched alkanes of at least 4 members (excludes halogenated alkanes) is 20. The largest absolute Gasteiger partial charge is 0.462 e. The Balaban J connectivity index is 4.51. The summed E-state index contributed by atoms with van der Waals surface area (Å²) in [6.45, 7) is 6.38. The van der Waals surface area contributed by atoms with Crippen molar-refractivity contribution in [1.29, 1.82) is 0 Å². The van der Waals surface area contributed by atoms with Crippen molar-refractivity contribution in [3.63, 3.8) is 0 Å². The van der Waals surface area contributed by atoms with Gasteiger partial charge in [0, 0.05) is 19.3 Å². The Labute approximate surface area is 356 Å². The molecule has 330 valence electrons. The van der Waals surface area contributed by atoms with Crippen LogP contribution in [0.2, 0.25) is 0 Å². The van der Waals surface area contributed by atoms with Crippen LogP contribution in [0.1, 0.15) is 207 Å². The minimum absolute atomic E-state index is 0.102. The zero-order valence-corrected chi connectivity index (χ0v) is 37.5. The number of esters is 3. The molecular formula is C52H86O6. The highest BCUT2D eigenvalue weighted by Crippen LogP contribution is 2.12. The van der Waals surface area contributed by atoms with E-state index in [1.165, 1.54) is 70.6 Å². The van der Waals surface area contributed by atoms with Crippen LogP contribution in [0.25, 0.3) is 0 Å². The van der Waals surface area contributed by atoms with Gasteiger partial charge in [0.2, 0.25) is 0 Å². The topological polar surface area (TPSA) is 78.9 Å². The van der Waals surface area contributed by atoms with Crippen LogP contribution >= 0.6 is 0 Å². The number of allylic oxidation sites excluding steroid dienone is 14. The fourth-order valence-corrected chi connectivity index (χ4v) is 6.16. The second-order valence-electron chi connectivity index (χ2n) is 15.4. The monoisotopic (exact) mass is 807 g/mol. The summed E-state index contributed by atoms with van der Waals surface area (Å²) >= 11 is 0. The van der Waals surface area contributed by atoms with E-state index in [0.29, 0.717) is 19.3 Å². The summed E-state index contributed by atoms with van der Waals surface area (Å²) in [6, 6.07) is 0. The molecule has 0 fully saturated rings. The van der Waals surface area contributed by atoms with Gasteiger partial charge in [-0.05, 0) is 89.9 Å². The summed E-state index contributed by atoms with van der Waals surface area (Å²) in [5.74, 6) is -0.976. The maximum absolute atomic E-state index is 12.7. The molecule has 0 amide bonds. The van der Waals surface area contributed by atoms with Gasteiger partial charge in [0.1, 0.15) is 13.2 Å². The lowest BCUT2D eigenvalue weighted by Gasteiger charge is -2.18. The van der Waals surface area contributed by atoms with Crippen LogP contribution in [-0.2, 0) is 28.6 Å². The first-order chi connectivity index (χ1) is 28.5. The Kier molecular flexibility index (Phi) is 43.6. The van der Waals surface area contributed by atoms with Crippen LogP contribution < -0.4 is 0 Å². The Bertz CT molecular complexity index is 1160. The lowest BCUT2D eigenvalue weighted by atomic mass is 10.1. The van der Waals surface area contributed by atoms with E-state index in [9.17, 15) is 14.4 Å². The van der Waals surface area contributed by atoms with E-state index < -0.39 is 6.10 Å². The molecule has 0 spiro atoms. The molecule has 0 saturated heterocycles. The molecule has 0 aliphatic carbocycles. The zero-order valence-electron chi connectivity index (χ0n) is 37.5. The summed E-state index contributed by atoms with van der Waals surface area (Å²) in [5.41, 5.74) is 0. The van der Waals surface area contributed by atoms with Gasteiger partial charge in [-0.2, -0.15) is 0 Å². The number of hydrogen-bond acceptors (Lipinski definition) is 6. The fraction of sp³-hybridized carbons (Fsp3) is 0.673. The van der Waals surface area contributed by atoms with Crippen molar-refractivity contribution in [3.05, 3.63) is 85.1 Å². The van der Waals surface area contributed by atoms with Gasteiger partial charge in [-0.15, -0.1) is 0 Å². The van der Waals surface area contributed by atoms with Crippen molar-refractivity contribution in [2.75, 3.05) is 13.2 Å². The van der Waals surface area contributed by atoms with Crippen LogP contribution in [0, 0.1) is 0 Å². The number of ether oxygens (including phenoxy) is 3. The second-order valence-corrected chi connectivity index (χ2v) is 15.4. The van der Waals surface area contributed by atoms with Crippen molar-refractivity contribution >= 4 is 17.9 Å². The van der Waals surface area contributed by atoms with Crippen LogP contribution in [0.5, 0.6) is 0 Å². The van der Waals surface area contributed by atoms with E-state index in [1.54, 1.807) is 0 Å². The summed E-state index contributed by atoms with van der Waals surface area (Å²) in [6.07, 6.45) is 58.5. The number of carbonyl (C=O) groups excluding carboxylic acids is 3. The van der Waals surface area contributed by atoms with Gasteiger partial charge in [-0.1, -0.05) is 183 Å². The molecule has 0 aliphatic rings. The van der Waals surface area contributed by atoms with Gasteiger partial charge in [0.05, 0.1) is 0 Å². The average Bonchev–Trinajstić information content (AvgIpc) is 3.22. The lowest BCUT2D eigenvalue weighted by molar-refractivity contribution is -0.167. The van der Waals surface area contributed by atoms with Crippen molar-refractivity contribution in [2.45, 2.75) is 213 Å². The molecule has 58 heavy (non-hydrogen) atoms. The van der Waals surface area contributed by atoms with E-state index in [4.69, 9.17) is 14.2 Å². The summed E-state index contributed by atoms with van der Waals surface area (Å²) in [5, 5.41) is 0. The third kappa shape index (κ3) is 43.7. The molecule has 0 aliphatic heterocycles. The van der Waals surface area contributed by atoms with Crippen LogP contribution in [0.3, 0.4) is 0 Å². The molecule has 0 aromatic carbocycles. The van der Waals surface area contributed by atoms with E-state index in [2.05, 4.69) is 57.2 Å². The highest BCUT2D eigenvalue weighted by atomic mass is 16.6. The van der Waals surface area contributed by atoms with Crippen LogP contribution in [-0.4, -0.2) is 37.2 Å². The van der Waals surface area contributed by atoms with E-state index in [1.807, 2.05) is 48.6 Å². The first kappa shape index (κ1) is 54.6. The van der Waals surface area contributed by atoms with Gasteiger partial charge in [0.15, 0.2) is 6.10 Å². The van der Waals surface area contributed by atoms with Gasteiger partial charge < -0.3 is 14.2 Å². The van der Waals surface area contributed by atoms with E-state index >= 15 is 0 Å². The highest BCUT2D eigenvalue weighted by Gasteiger charge is 2.19. The van der Waals surface area contributed by atoms with Gasteiger partial charge >= 0.3 is 17.9 Å². The Morgan fingerprint density at radius 3 is 1.16 bits per heavy atom. The normalized spacial score (nSPS) is 12.8. The molecular weight excluding hydrogens is 721 g/mol. The summed E-state index contributed by atoms with van der Waals surface area (Å²) in [4.78, 5) is 37.8. The smallest absolute Gasteiger partial charge is 0.306 e. The molecule has 0 bridgehead atoms. The van der Waals surface area contributed by atoms with E-state index in [-0.39, 0.29) is 31.1 Å². The van der Waals surface area contributed by atoms with E-state index in [0.717, 1.165) is 96.3 Å². The molecule has 6 heteroatoms. The fourth-order valence-electron chi connectivity index (χ4n) is 6.16. The Hall–Kier alpha value is -3.41. The third-order valence-electron chi connectivity index (χ3n) is 9.73. The molecule has 1 unspecified atom stereocenters. The van der Waals surface area contributed by atoms with Crippen molar-refractivity contribution in [1.82, 2.24) is 0 Å². The molecule has 0 heterocycles. The Morgan fingerprint density at radius 1 is 0.362 bits per heavy atom. The maximum atomic E-state index is 12.7. The van der Waals surface area contributed by atoms with Crippen molar-refractivity contribution < 1.29 is 28.6 Å². The Morgan fingerprint density at radius 2 is 0.690 bits per heavy atom. The predicted octanol–water partition coefficient (Wildman–Crippen LogP) is 15.3. The molecule has 0 aromatic rings. The SMILES string of the molecule is CC\C=C/C=C\C=C/C=C\C=C/CCCCCC(=O)OCC(COC(=O)CCCCCCC/C=C\CCCCC)OC(=O)CCCCC/C=C\CCCCCCCC. The quantitative estimate of drug-likeness (QED) is 0.0201. The van der Waals surface area contributed by atoms with Crippen molar-refractivity contribution in [3.8, 4) is 0 Å².